The van der Waals surface area contributed by atoms with Crippen LogP contribution in [0.5, 0.6) is 5.75 Å². The summed E-state index contributed by atoms with van der Waals surface area (Å²) in [5, 5.41) is 0. The van der Waals surface area contributed by atoms with E-state index < -0.39 is 0 Å². The molecule has 1 atom stereocenters. The van der Waals surface area contributed by atoms with Crippen LogP contribution >= 0.6 is 0 Å². The van der Waals surface area contributed by atoms with Crippen molar-refractivity contribution in [2.45, 2.75) is 44.6 Å². The zero-order valence-corrected chi connectivity index (χ0v) is 11.0. The second kappa shape index (κ2) is 6.19. The molecule has 1 aliphatic carbocycles. The van der Waals surface area contributed by atoms with Gasteiger partial charge >= 0.3 is 0 Å². The molecule has 0 saturated heterocycles. The van der Waals surface area contributed by atoms with Gasteiger partial charge in [0.1, 0.15) is 11.6 Å². The summed E-state index contributed by atoms with van der Waals surface area (Å²) in [5.41, 5.74) is 6.96. The van der Waals surface area contributed by atoms with Crippen LogP contribution in [0, 0.1) is 11.7 Å². The van der Waals surface area contributed by atoms with Crippen LogP contribution in [-0.4, -0.2) is 7.11 Å². The van der Waals surface area contributed by atoms with E-state index in [2.05, 4.69) is 0 Å². The molecule has 0 bridgehead atoms. The molecule has 1 aromatic rings. The van der Waals surface area contributed by atoms with E-state index in [1.54, 1.807) is 13.2 Å². The standard InChI is InChI=1S/C15H22FNO/c1-18-15-9-7-12(16)10-13(15)14(17)8-6-11-4-2-3-5-11/h7,9-11,14H,2-6,8,17H2,1H3. The van der Waals surface area contributed by atoms with Crippen LogP contribution in [0.4, 0.5) is 4.39 Å². The first-order valence-electron chi connectivity index (χ1n) is 6.79. The first-order valence-corrected chi connectivity index (χ1v) is 6.79. The third-order valence-corrected chi connectivity index (χ3v) is 3.95. The zero-order chi connectivity index (χ0) is 13.0. The Morgan fingerprint density at radius 2 is 2.11 bits per heavy atom. The minimum absolute atomic E-state index is 0.128. The van der Waals surface area contributed by atoms with Crippen molar-refractivity contribution in [1.82, 2.24) is 0 Å². The molecule has 0 spiro atoms. The molecular weight excluding hydrogens is 229 g/mol. The number of methoxy groups -OCH3 is 1. The largest absolute Gasteiger partial charge is 0.496 e. The highest BCUT2D eigenvalue weighted by molar-refractivity contribution is 5.36. The van der Waals surface area contributed by atoms with Gasteiger partial charge in [0, 0.05) is 11.6 Å². The second-order valence-electron chi connectivity index (χ2n) is 5.22. The maximum absolute atomic E-state index is 13.3. The Kier molecular flexibility index (Phi) is 4.59. The van der Waals surface area contributed by atoms with Crippen LogP contribution < -0.4 is 10.5 Å². The topological polar surface area (TPSA) is 35.2 Å². The summed E-state index contributed by atoms with van der Waals surface area (Å²) >= 11 is 0. The lowest BCUT2D eigenvalue weighted by Gasteiger charge is -2.17. The SMILES string of the molecule is COc1ccc(F)cc1C(N)CCC1CCCC1. The molecular formula is C15H22FNO. The highest BCUT2D eigenvalue weighted by Gasteiger charge is 2.18. The van der Waals surface area contributed by atoms with E-state index in [0.717, 1.165) is 24.3 Å². The van der Waals surface area contributed by atoms with Crippen molar-refractivity contribution in [1.29, 1.82) is 0 Å². The number of rotatable bonds is 5. The van der Waals surface area contributed by atoms with Gasteiger partial charge in [0.25, 0.3) is 0 Å². The molecule has 2 rings (SSSR count). The predicted octanol–water partition coefficient (Wildman–Crippen LogP) is 3.80. The Morgan fingerprint density at radius 1 is 1.39 bits per heavy atom. The van der Waals surface area contributed by atoms with Crippen molar-refractivity contribution in [2.24, 2.45) is 11.7 Å². The molecule has 18 heavy (non-hydrogen) atoms. The van der Waals surface area contributed by atoms with E-state index in [1.165, 1.54) is 37.8 Å². The van der Waals surface area contributed by atoms with Crippen LogP contribution in [-0.2, 0) is 0 Å². The maximum Gasteiger partial charge on any atom is 0.123 e. The Hall–Kier alpha value is -1.09. The molecule has 1 aliphatic rings. The van der Waals surface area contributed by atoms with Gasteiger partial charge in [-0.1, -0.05) is 25.7 Å². The monoisotopic (exact) mass is 251 g/mol. The fourth-order valence-electron chi connectivity index (χ4n) is 2.86. The second-order valence-corrected chi connectivity index (χ2v) is 5.22. The highest BCUT2D eigenvalue weighted by Crippen LogP contribution is 2.33. The average Bonchev–Trinajstić information content (AvgIpc) is 2.89. The van der Waals surface area contributed by atoms with Crippen LogP contribution in [0.2, 0.25) is 0 Å². The van der Waals surface area contributed by atoms with E-state index in [9.17, 15) is 4.39 Å². The fraction of sp³-hybridized carbons (Fsp3) is 0.600. The Morgan fingerprint density at radius 3 is 2.78 bits per heavy atom. The van der Waals surface area contributed by atoms with Crippen LogP contribution in [0.15, 0.2) is 18.2 Å². The maximum atomic E-state index is 13.3. The van der Waals surface area contributed by atoms with Gasteiger partial charge in [-0.3, -0.25) is 0 Å². The van der Waals surface area contributed by atoms with Gasteiger partial charge in [-0.15, -0.1) is 0 Å². The summed E-state index contributed by atoms with van der Waals surface area (Å²) < 4.78 is 18.5. The summed E-state index contributed by atoms with van der Waals surface area (Å²) in [4.78, 5) is 0. The van der Waals surface area contributed by atoms with Gasteiger partial charge in [0.05, 0.1) is 7.11 Å². The van der Waals surface area contributed by atoms with E-state index in [1.807, 2.05) is 0 Å². The van der Waals surface area contributed by atoms with Crippen molar-refractivity contribution in [3.05, 3.63) is 29.6 Å². The average molecular weight is 251 g/mol. The summed E-state index contributed by atoms with van der Waals surface area (Å²) in [7, 11) is 1.60. The molecule has 0 radical (unpaired) electrons. The molecule has 0 amide bonds. The third kappa shape index (κ3) is 3.22. The van der Waals surface area contributed by atoms with Gasteiger partial charge in [-0.25, -0.2) is 4.39 Å². The minimum Gasteiger partial charge on any atom is -0.496 e. The molecule has 0 aromatic heterocycles. The summed E-state index contributed by atoms with van der Waals surface area (Å²) in [6.45, 7) is 0. The number of ether oxygens (including phenoxy) is 1. The normalized spacial score (nSPS) is 17.9. The summed E-state index contributed by atoms with van der Waals surface area (Å²) in [6.07, 6.45) is 7.40. The van der Waals surface area contributed by atoms with E-state index >= 15 is 0 Å². The van der Waals surface area contributed by atoms with Crippen molar-refractivity contribution < 1.29 is 9.13 Å². The molecule has 2 N–H and O–H groups in total. The van der Waals surface area contributed by atoms with Gasteiger partial charge in [0.15, 0.2) is 0 Å². The van der Waals surface area contributed by atoms with Crippen molar-refractivity contribution in [2.75, 3.05) is 7.11 Å². The minimum atomic E-state index is -0.248. The first kappa shape index (κ1) is 13.3. The predicted molar refractivity (Wildman–Crippen MR) is 71.1 cm³/mol. The smallest absolute Gasteiger partial charge is 0.123 e. The number of hydrogen-bond donors (Lipinski definition) is 1. The third-order valence-electron chi connectivity index (χ3n) is 3.95. The Bertz CT molecular complexity index is 388. The lowest BCUT2D eigenvalue weighted by atomic mass is 9.95. The van der Waals surface area contributed by atoms with E-state index in [0.29, 0.717) is 5.75 Å². The number of halogens is 1. The van der Waals surface area contributed by atoms with Gasteiger partial charge in [-0.05, 0) is 37.0 Å². The number of nitrogens with two attached hydrogens (primary N) is 1. The van der Waals surface area contributed by atoms with E-state index in [4.69, 9.17) is 10.5 Å². The molecule has 1 saturated carbocycles. The lowest BCUT2D eigenvalue weighted by Crippen LogP contribution is -2.13. The van der Waals surface area contributed by atoms with Gasteiger partial charge in [-0.2, -0.15) is 0 Å². The van der Waals surface area contributed by atoms with Crippen LogP contribution in [0.25, 0.3) is 0 Å². The molecule has 1 fully saturated rings. The molecule has 100 valence electrons. The molecule has 0 heterocycles. The van der Waals surface area contributed by atoms with Gasteiger partial charge in [0.2, 0.25) is 0 Å². The molecule has 3 heteroatoms. The van der Waals surface area contributed by atoms with Crippen molar-refractivity contribution in [3.8, 4) is 5.75 Å². The Balaban J connectivity index is 1.98. The number of hydrogen-bond acceptors (Lipinski definition) is 2. The highest BCUT2D eigenvalue weighted by atomic mass is 19.1. The van der Waals surface area contributed by atoms with Crippen molar-refractivity contribution in [3.63, 3.8) is 0 Å². The molecule has 1 unspecified atom stereocenters. The lowest BCUT2D eigenvalue weighted by molar-refractivity contribution is 0.396. The molecule has 2 nitrogen and oxygen atoms in total. The molecule has 1 aromatic carbocycles. The Labute approximate surface area is 108 Å². The van der Waals surface area contributed by atoms with Crippen molar-refractivity contribution >= 4 is 0 Å². The van der Waals surface area contributed by atoms with Crippen LogP contribution in [0.3, 0.4) is 0 Å². The van der Waals surface area contributed by atoms with Gasteiger partial charge < -0.3 is 10.5 Å². The fourth-order valence-corrected chi connectivity index (χ4v) is 2.86. The summed E-state index contributed by atoms with van der Waals surface area (Å²) in [5.74, 6) is 1.26. The molecule has 0 aliphatic heterocycles. The summed E-state index contributed by atoms with van der Waals surface area (Å²) in [6, 6.07) is 4.43. The quantitative estimate of drug-likeness (QED) is 0.863. The van der Waals surface area contributed by atoms with Crippen LogP contribution in [0.1, 0.15) is 50.1 Å². The number of benzene rings is 1. The zero-order valence-electron chi connectivity index (χ0n) is 11.0. The first-order chi connectivity index (χ1) is 8.70. The van der Waals surface area contributed by atoms with E-state index in [-0.39, 0.29) is 11.9 Å².